The second-order valence-electron chi connectivity index (χ2n) is 4.14. The molecule has 0 fully saturated rings. The minimum atomic E-state index is 0.634. The maximum Gasteiger partial charge on any atom is 0.0797 e. The summed E-state index contributed by atoms with van der Waals surface area (Å²) in [6.07, 6.45) is 3.57. The lowest BCUT2D eigenvalue weighted by Gasteiger charge is -1.95. The zero-order valence-corrected chi connectivity index (χ0v) is 13.1. The summed E-state index contributed by atoms with van der Waals surface area (Å²) in [5, 5.41) is 3.03. The highest BCUT2D eigenvalue weighted by Gasteiger charge is 1.87. The lowest BCUT2D eigenvalue weighted by Crippen LogP contribution is -2.15. The molecule has 0 spiro atoms. The van der Waals surface area contributed by atoms with Gasteiger partial charge in [-0.2, -0.15) is 0 Å². The first-order valence-corrected chi connectivity index (χ1v) is 6.65. The van der Waals surface area contributed by atoms with Gasteiger partial charge in [-0.1, -0.05) is 44.2 Å². The van der Waals surface area contributed by atoms with Crippen molar-refractivity contribution in [3.8, 4) is 0 Å². The molecule has 0 aliphatic carbocycles. The number of hydrogen-bond acceptors (Lipinski definition) is 3. The van der Waals surface area contributed by atoms with Crippen LogP contribution in [0.15, 0.2) is 40.3 Å². The molecule has 0 bridgehead atoms. The predicted molar refractivity (Wildman–Crippen MR) is 90.5 cm³/mol. The molecule has 0 aromatic heterocycles. The normalized spacial score (nSPS) is 10.1. The van der Waals surface area contributed by atoms with Gasteiger partial charge < -0.3 is 16.8 Å². The minimum absolute atomic E-state index is 0.634. The zero-order valence-electron chi connectivity index (χ0n) is 13.1. The lowest BCUT2D eigenvalue weighted by molar-refractivity contribution is 0.668. The van der Waals surface area contributed by atoms with E-state index in [0.29, 0.717) is 6.04 Å². The monoisotopic (exact) mass is 279 g/mol. The van der Waals surface area contributed by atoms with Crippen molar-refractivity contribution in [2.45, 2.75) is 26.3 Å². The summed E-state index contributed by atoms with van der Waals surface area (Å²) in [5.74, 6) is 0. The van der Waals surface area contributed by atoms with Gasteiger partial charge in [-0.15, -0.1) is 0 Å². The Bertz CT molecular complexity index is 329. The van der Waals surface area contributed by atoms with Gasteiger partial charge in [-0.05, 0) is 19.0 Å². The van der Waals surface area contributed by atoms with Crippen molar-refractivity contribution in [3.63, 3.8) is 0 Å². The fourth-order valence-corrected chi connectivity index (χ4v) is 0.913. The number of aliphatic imine (C=N–C) groups is 2. The Hall–Kier alpha value is -1.88. The molecule has 0 saturated carbocycles. The zero-order chi connectivity index (χ0) is 15.6. The summed E-state index contributed by atoms with van der Waals surface area (Å²) in [5.41, 5.74) is 11.1. The average Bonchev–Trinajstić information content (AvgIpc) is 2.49. The van der Waals surface area contributed by atoms with Crippen molar-refractivity contribution in [2.24, 2.45) is 21.5 Å². The summed E-state index contributed by atoms with van der Waals surface area (Å²) in [6.45, 7) is 5.00. The maximum atomic E-state index is 5.10. The Morgan fingerprint density at radius 1 is 1.15 bits per heavy atom. The number of hydrogen-bond donors (Lipinski definition) is 3. The highest BCUT2D eigenvalue weighted by Crippen LogP contribution is 1.98. The fourth-order valence-electron chi connectivity index (χ4n) is 0.913. The van der Waals surface area contributed by atoms with E-state index < -0.39 is 0 Å². The third-order valence-corrected chi connectivity index (χ3v) is 2.20. The summed E-state index contributed by atoms with van der Waals surface area (Å²) in [7, 11) is 3.57. The number of nitrogens with one attached hydrogen (secondary N) is 1. The molecule has 5 heteroatoms. The molecule has 5 nitrogen and oxygen atoms in total. The third kappa shape index (κ3) is 18.5. The Balaban J connectivity index is 0. The molecule has 0 atom stereocenters. The number of nitrogens with two attached hydrogens (primary N) is 2. The van der Waals surface area contributed by atoms with E-state index in [1.807, 2.05) is 25.2 Å². The van der Waals surface area contributed by atoms with E-state index in [4.69, 9.17) is 11.5 Å². The summed E-state index contributed by atoms with van der Waals surface area (Å²) in [6, 6.07) is 10.9. The third-order valence-electron chi connectivity index (χ3n) is 2.20. The van der Waals surface area contributed by atoms with Crippen molar-refractivity contribution in [1.82, 2.24) is 5.32 Å². The van der Waals surface area contributed by atoms with Gasteiger partial charge in [0.25, 0.3) is 0 Å². The highest BCUT2D eigenvalue weighted by molar-refractivity contribution is 5.51. The highest BCUT2D eigenvalue weighted by atomic mass is 14.8. The summed E-state index contributed by atoms with van der Waals surface area (Å²) in [4.78, 5) is 7.31. The Morgan fingerprint density at radius 3 is 2.00 bits per heavy atom. The average molecular weight is 279 g/mol. The van der Waals surface area contributed by atoms with Crippen LogP contribution in [0.5, 0.6) is 0 Å². The minimum Gasteiger partial charge on any atom is -0.390 e. The van der Waals surface area contributed by atoms with Gasteiger partial charge in [0.15, 0.2) is 0 Å². The first-order chi connectivity index (χ1) is 9.62. The molecule has 0 aliphatic heterocycles. The Morgan fingerprint density at radius 2 is 1.65 bits per heavy atom. The van der Waals surface area contributed by atoms with E-state index in [-0.39, 0.29) is 0 Å². The van der Waals surface area contributed by atoms with Gasteiger partial charge in [0, 0.05) is 19.6 Å². The molecule has 0 saturated heterocycles. The molecule has 0 heterocycles. The quantitative estimate of drug-likeness (QED) is 0.575. The van der Waals surface area contributed by atoms with Gasteiger partial charge in [0.1, 0.15) is 0 Å². The molecule has 5 N–H and O–H groups in total. The molecule has 0 aliphatic rings. The van der Waals surface area contributed by atoms with Gasteiger partial charge in [0.2, 0.25) is 0 Å². The maximum absolute atomic E-state index is 5.10. The van der Waals surface area contributed by atoms with Crippen molar-refractivity contribution >= 4 is 12.7 Å². The molecule has 1 aromatic carbocycles. The first kappa shape index (κ1) is 20.4. The molecule has 0 amide bonds. The number of nitrogens with zero attached hydrogens (tertiary/aromatic N) is 2. The summed E-state index contributed by atoms with van der Waals surface area (Å²) >= 11 is 0. The summed E-state index contributed by atoms with van der Waals surface area (Å²) < 4.78 is 0. The standard InChI is InChI=1S/C9H12N2.C4H11N.C2H6N2/c10-8-11-7-6-9-4-2-1-3-5-9;1-4(2)5-3;1-4-2-3/h1-5,8H,6-7H2,(H2,10,11);4-5H,1-3H3;2H,1H3,(H2,3,4). The van der Waals surface area contributed by atoms with Gasteiger partial charge >= 0.3 is 0 Å². The van der Waals surface area contributed by atoms with Crippen LogP contribution in [0, 0.1) is 0 Å². The van der Waals surface area contributed by atoms with Crippen LogP contribution in [-0.2, 0) is 6.42 Å². The van der Waals surface area contributed by atoms with Crippen LogP contribution in [0.2, 0.25) is 0 Å². The largest absolute Gasteiger partial charge is 0.390 e. The van der Waals surface area contributed by atoms with Crippen LogP contribution in [-0.4, -0.2) is 39.4 Å². The molecule has 20 heavy (non-hydrogen) atoms. The van der Waals surface area contributed by atoms with Crippen molar-refractivity contribution in [1.29, 1.82) is 0 Å². The van der Waals surface area contributed by atoms with Crippen LogP contribution < -0.4 is 16.8 Å². The Kier molecular flexibility index (Phi) is 17.5. The van der Waals surface area contributed by atoms with Gasteiger partial charge in [-0.3, -0.25) is 9.98 Å². The van der Waals surface area contributed by atoms with Crippen LogP contribution in [0.1, 0.15) is 19.4 Å². The van der Waals surface area contributed by atoms with E-state index in [0.717, 1.165) is 13.0 Å². The van der Waals surface area contributed by atoms with E-state index >= 15 is 0 Å². The second kappa shape index (κ2) is 17.1. The van der Waals surface area contributed by atoms with Crippen molar-refractivity contribution in [3.05, 3.63) is 35.9 Å². The van der Waals surface area contributed by atoms with Crippen molar-refractivity contribution in [2.75, 3.05) is 20.6 Å². The molecule has 1 aromatic rings. The van der Waals surface area contributed by atoms with Crippen LogP contribution in [0.3, 0.4) is 0 Å². The SMILES string of the molecule is CN=CN.CNC(C)C.NC=NCCc1ccccc1. The van der Waals surface area contributed by atoms with E-state index in [1.165, 1.54) is 18.2 Å². The second-order valence-corrected chi connectivity index (χ2v) is 4.14. The molecular weight excluding hydrogens is 250 g/mol. The molecular formula is C15H29N5. The smallest absolute Gasteiger partial charge is 0.0797 e. The van der Waals surface area contributed by atoms with Gasteiger partial charge in [-0.25, -0.2) is 0 Å². The van der Waals surface area contributed by atoms with Crippen LogP contribution in [0.25, 0.3) is 0 Å². The van der Waals surface area contributed by atoms with E-state index in [1.54, 1.807) is 7.05 Å². The predicted octanol–water partition coefficient (Wildman–Crippen LogP) is 1.43. The number of rotatable bonds is 4. The first-order valence-electron chi connectivity index (χ1n) is 6.65. The van der Waals surface area contributed by atoms with E-state index in [9.17, 15) is 0 Å². The van der Waals surface area contributed by atoms with Crippen molar-refractivity contribution < 1.29 is 0 Å². The van der Waals surface area contributed by atoms with Crippen LogP contribution >= 0.6 is 0 Å². The Labute approximate surface area is 123 Å². The lowest BCUT2D eigenvalue weighted by atomic mass is 10.2. The molecule has 1 rings (SSSR count). The topological polar surface area (TPSA) is 88.8 Å². The molecule has 0 radical (unpaired) electrons. The molecule has 114 valence electrons. The van der Waals surface area contributed by atoms with Gasteiger partial charge in [0.05, 0.1) is 12.7 Å². The fraction of sp³-hybridized carbons (Fsp3) is 0.467. The van der Waals surface area contributed by atoms with E-state index in [2.05, 4.69) is 41.3 Å². The molecule has 0 unspecified atom stereocenters. The number of benzene rings is 1. The van der Waals surface area contributed by atoms with Crippen LogP contribution in [0.4, 0.5) is 0 Å².